The number of nitrogens with two attached hydrogens (primary N) is 1. The lowest BCUT2D eigenvalue weighted by molar-refractivity contribution is 0.0997. The maximum Gasteiger partial charge on any atom is 0.252 e. The fraction of sp³-hybridized carbons (Fsp3) is 0.120. The van der Waals surface area contributed by atoms with Crippen molar-refractivity contribution in [1.29, 1.82) is 0 Å². The molecule has 0 bridgehead atoms. The van der Waals surface area contributed by atoms with Crippen molar-refractivity contribution in [2.75, 3.05) is 7.11 Å². The lowest BCUT2D eigenvalue weighted by atomic mass is 10.0. The second-order valence-corrected chi connectivity index (χ2v) is 7.38. The Morgan fingerprint density at radius 3 is 2.66 bits per heavy atom. The van der Waals surface area contributed by atoms with Crippen LogP contribution in [-0.4, -0.2) is 29.2 Å². The number of hydrogen-bond acceptors (Lipinski definition) is 6. The summed E-state index contributed by atoms with van der Waals surface area (Å²) in [5, 5.41) is 0.650. The highest BCUT2D eigenvalue weighted by molar-refractivity contribution is 6.01. The van der Waals surface area contributed by atoms with Gasteiger partial charge in [0.1, 0.15) is 17.2 Å². The number of aryl methyl sites for hydroxylation is 1. The molecule has 0 saturated carbocycles. The van der Waals surface area contributed by atoms with E-state index in [0.29, 0.717) is 39.7 Å². The van der Waals surface area contributed by atoms with Gasteiger partial charge in [0.05, 0.1) is 18.2 Å². The first-order valence-corrected chi connectivity index (χ1v) is 10.2. The van der Waals surface area contributed by atoms with E-state index in [1.807, 2.05) is 42.6 Å². The number of nitrogens with zero attached hydrogens (tertiary/aromatic N) is 3. The third-order valence-electron chi connectivity index (χ3n) is 5.36. The zero-order chi connectivity index (χ0) is 22.1. The van der Waals surface area contributed by atoms with Crippen molar-refractivity contribution in [1.82, 2.24) is 9.97 Å². The van der Waals surface area contributed by atoms with Gasteiger partial charge in [0, 0.05) is 35.0 Å². The van der Waals surface area contributed by atoms with Crippen molar-refractivity contribution in [3.63, 3.8) is 0 Å². The number of fused-ring (bicyclic) bond motifs is 2. The molecule has 2 aromatic heterocycles. The Morgan fingerprint density at radius 2 is 1.88 bits per heavy atom. The highest BCUT2D eigenvalue weighted by Crippen LogP contribution is 2.39. The van der Waals surface area contributed by atoms with Crippen LogP contribution >= 0.6 is 0 Å². The smallest absolute Gasteiger partial charge is 0.252 e. The van der Waals surface area contributed by atoms with Crippen molar-refractivity contribution in [2.45, 2.75) is 12.8 Å². The number of rotatable bonds is 5. The van der Waals surface area contributed by atoms with E-state index >= 15 is 0 Å². The van der Waals surface area contributed by atoms with Crippen LogP contribution in [0.4, 0.5) is 5.82 Å². The molecule has 0 unspecified atom stereocenters. The Bertz CT molecular complexity index is 1370. The van der Waals surface area contributed by atoms with Gasteiger partial charge in [-0.3, -0.25) is 9.78 Å². The minimum atomic E-state index is -0.586. The molecule has 1 aliphatic heterocycles. The number of carbonyl (C=O) groups excluding carboxylic acids is 1. The molecule has 0 radical (unpaired) electrons. The van der Waals surface area contributed by atoms with Crippen LogP contribution in [-0.2, 0) is 6.42 Å². The van der Waals surface area contributed by atoms with Crippen molar-refractivity contribution in [3.05, 3.63) is 71.9 Å². The summed E-state index contributed by atoms with van der Waals surface area (Å²) in [4.78, 5) is 25.6. The van der Waals surface area contributed by atoms with Crippen LogP contribution in [0.25, 0.3) is 22.2 Å². The lowest BCUT2D eigenvalue weighted by Gasteiger charge is -2.17. The largest absolute Gasteiger partial charge is 0.496 e. The number of primary amides is 1. The topological polar surface area (TPSA) is 99.7 Å². The van der Waals surface area contributed by atoms with E-state index < -0.39 is 5.91 Å². The van der Waals surface area contributed by atoms with Crippen LogP contribution in [0.2, 0.25) is 0 Å². The van der Waals surface area contributed by atoms with Crippen LogP contribution in [0.1, 0.15) is 22.3 Å². The van der Waals surface area contributed by atoms with Crippen molar-refractivity contribution in [2.24, 2.45) is 10.7 Å². The average molecular weight is 424 g/mol. The quantitative estimate of drug-likeness (QED) is 0.494. The molecular formula is C25H20N4O3. The first-order valence-electron chi connectivity index (χ1n) is 10.2. The number of benzene rings is 2. The highest BCUT2D eigenvalue weighted by atomic mass is 16.5. The lowest BCUT2D eigenvalue weighted by Crippen LogP contribution is -2.12. The number of methoxy groups -OCH3 is 1. The van der Waals surface area contributed by atoms with Gasteiger partial charge >= 0.3 is 0 Å². The summed E-state index contributed by atoms with van der Waals surface area (Å²) in [7, 11) is 1.49. The molecule has 0 aliphatic carbocycles. The van der Waals surface area contributed by atoms with Gasteiger partial charge in [-0.2, -0.15) is 0 Å². The van der Waals surface area contributed by atoms with Gasteiger partial charge in [0.15, 0.2) is 11.6 Å². The molecule has 7 nitrogen and oxygen atoms in total. The van der Waals surface area contributed by atoms with Crippen LogP contribution in [0.15, 0.2) is 65.8 Å². The van der Waals surface area contributed by atoms with Gasteiger partial charge in [-0.05, 0) is 31.0 Å². The molecular weight excluding hydrogens is 404 g/mol. The molecule has 0 atom stereocenters. The molecule has 0 saturated heterocycles. The molecule has 2 N–H and O–H groups in total. The highest BCUT2D eigenvalue weighted by Gasteiger charge is 2.19. The minimum Gasteiger partial charge on any atom is -0.496 e. The number of carbonyl (C=O) groups is 1. The van der Waals surface area contributed by atoms with E-state index in [1.54, 1.807) is 24.4 Å². The zero-order valence-electron chi connectivity index (χ0n) is 17.4. The van der Waals surface area contributed by atoms with E-state index in [1.165, 1.54) is 7.11 Å². The van der Waals surface area contributed by atoms with Crippen LogP contribution in [0.3, 0.4) is 0 Å². The van der Waals surface area contributed by atoms with Gasteiger partial charge in [-0.1, -0.05) is 30.3 Å². The number of aromatic nitrogens is 2. The standard InChI is InChI=1S/C25H20N4O3/c1-31-21-14-19-17(13-18(21)24(26)30)20(9-11-27-19)32-22-12-16-8-5-10-28-25(16)29-23(22)15-6-3-2-4-7-15/h2-4,6-7,9-14H,5,8H2,1H3,(H2,26,30). The van der Waals surface area contributed by atoms with Crippen molar-refractivity contribution < 1.29 is 14.3 Å². The third kappa shape index (κ3) is 3.54. The van der Waals surface area contributed by atoms with Gasteiger partial charge in [-0.25, -0.2) is 9.98 Å². The molecule has 0 fully saturated rings. The predicted molar refractivity (Wildman–Crippen MR) is 123 cm³/mol. The molecule has 7 heteroatoms. The Kier molecular flexibility index (Phi) is 4.99. The minimum absolute atomic E-state index is 0.263. The summed E-state index contributed by atoms with van der Waals surface area (Å²) in [6.07, 6.45) is 5.25. The summed E-state index contributed by atoms with van der Waals surface area (Å²) in [5.41, 5.74) is 9.09. The second-order valence-electron chi connectivity index (χ2n) is 7.38. The fourth-order valence-corrected chi connectivity index (χ4v) is 3.79. The molecule has 32 heavy (non-hydrogen) atoms. The summed E-state index contributed by atoms with van der Waals surface area (Å²) in [6, 6.07) is 16.9. The molecule has 1 aliphatic rings. The Hall–Kier alpha value is -4.26. The van der Waals surface area contributed by atoms with Gasteiger partial charge in [0.2, 0.25) is 0 Å². The van der Waals surface area contributed by atoms with Crippen LogP contribution in [0, 0.1) is 0 Å². The average Bonchev–Trinajstić information content (AvgIpc) is 2.83. The van der Waals surface area contributed by atoms with E-state index in [4.69, 9.17) is 20.2 Å². The second kappa shape index (κ2) is 8.11. The number of ether oxygens (including phenoxy) is 2. The number of amides is 1. The van der Waals surface area contributed by atoms with Gasteiger partial charge in [-0.15, -0.1) is 0 Å². The SMILES string of the molecule is COc1cc2nccc(Oc3cc4c(nc3-c3ccccc3)N=CCC4)c2cc1C(N)=O. The number of hydrogen-bond donors (Lipinski definition) is 1. The molecule has 158 valence electrons. The van der Waals surface area contributed by atoms with Crippen LogP contribution < -0.4 is 15.2 Å². The fourth-order valence-electron chi connectivity index (χ4n) is 3.79. The van der Waals surface area contributed by atoms with Gasteiger partial charge in [0.25, 0.3) is 5.91 Å². The maximum atomic E-state index is 12.0. The van der Waals surface area contributed by atoms with Crippen molar-refractivity contribution >= 4 is 28.8 Å². The molecule has 4 aromatic rings. The van der Waals surface area contributed by atoms with Crippen LogP contribution in [0.5, 0.6) is 17.2 Å². The third-order valence-corrected chi connectivity index (χ3v) is 5.36. The van der Waals surface area contributed by atoms with E-state index in [-0.39, 0.29) is 5.56 Å². The Balaban J connectivity index is 1.68. The maximum absolute atomic E-state index is 12.0. The zero-order valence-corrected chi connectivity index (χ0v) is 17.4. The van der Waals surface area contributed by atoms with Crippen molar-refractivity contribution in [3.8, 4) is 28.5 Å². The van der Waals surface area contributed by atoms with E-state index in [2.05, 4.69) is 9.98 Å². The normalized spacial score (nSPS) is 12.4. The summed E-state index contributed by atoms with van der Waals surface area (Å²) < 4.78 is 11.7. The van der Waals surface area contributed by atoms with E-state index in [9.17, 15) is 4.79 Å². The monoisotopic (exact) mass is 424 g/mol. The first-order chi connectivity index (χ1) is 15.6. The molecule has 3 heterocycles. The van der Waals surface area contributed by atoms with E-state index in [0.717, 1.165) is 24.0 Å². The molecule has 0 spiro atoms. The van der Waals surface area contributed by atoms with Gasteiger partial charge < -0.3 is 15.2 Å². The molecule has 1 amide bonds. The number of pyridine rings is 2. The predicted octanol–water partition coefficient (Wildman–Crippen LogP) is 4.85. The molecule has 2 aromatic carbocycles. The summed E-state index contributed by atoms with van der Waals surface area (Å²) in [6.45, 7) is 0. The molecule has 5 rings (SSSR count). The summed E-state index contributed by atoms with van der Waals surface area (Å²) in [5.74, 6) is 1.64. The summed E-state index contributed by atoms with van der Waals surface area (Å²) >= 11 is 0. The first kappa shape index (κ1) is 19.7. The Morgan fingerprint density at radius 1 is 1.03 bits per heavy atom. The Labute approximate surface area is 184 Å². The number of aliphatic imine (C=N–C) groups is 1.